The summed E-state index contributed by atoms with van der Waals surface area (Å²) in [5, 5.41) is 8.64. The van der Waals surface area contributed by atoms with Crippen LogP contribution in [0, 0.1) is 12.8 Å². The molecule has 1 amide bonds. The summed E-state index contributed by atoms with van der Waals surface area (Å²) in [7, 11) is 0. The van der Waals surface area contributed by atoms with Gasteiger partial charge in [0.2, 0.25) is 11.8 Å². The van der Waals surface area contributed by atoms with Crippen LogP contribution in [0.1, 0.15) is 37.6 Å². The first kappa shape index (κ1) is 18.7. The van der Waals surface area contributed by atoms with Gasteiger partial charge < -0.3 is 14.2 Å². The Kier molecular flexibility index (Phi) is 5.81. The fourth-order valence-electron chi connectivity index (χ4n) is 3.33. The van der Waals surface area contributed by atoms with Gasteiger partial charge in [0.1, 0.15) is 0 Å². The topological polar surface area (TPSA) is 62.5 Å². The number of rotatable bonds is 5. The Morgan fingerprint density at radius 1 is 1.15 bits per heavy atom. The molecule has 1 saturated heterocycles. The molecule has 2 heterocycles. The molecule has 1 aromatic carbocycles. The van der Waals surface area contributed by atoms with Gasteiger partial charge in [0.05, 0.1) is 0 Å². The number of amides is 1. The fraction of sp³-hybridized carbons (Fsp3) is 0.526. The maximum absolute atomic E-state index is 12.8. The molecule has 1 aliphatic heterocycles. The van der Waals surface area contributed by atoms with Gasteiger partial charge in [0.15, 0.2) is 0 Å². The van der Waals surface area contributed by atoms with Crippen molar-refractivity contribution in [3.63, 3.8) is 0 Å². The summed E-state index contributed by atoms with van der Waals surface area (Å²) in [6.45, 7) is 8.85. The molecule has 140 valence electrons. The van der Waals surface area contributed by atoms with Crippen LogP contribution in [0.15, 0.2) is 28.7 Å². The van der Waals surface area contributed by atoms with Crippen molar-refractivity contribution in [1.29, 1.82) is 0 Å². The molecule has 1 fully saturated rings. The molecule has 0 spiro atoms. The highest BCUT2D eigenvalue weighted by Gasteiger charge is 2.27. The van der Waals surface area contributed by atoms with Crippen LogP contribution in [0.3, 0.4) is 0 Å². The predicted octanol–water partition coefficient (Wildman–Crippen LogP) is 3.51. The molecule has 0 bridgehead atoms. The van der Waals surface area contributed by atoms with Crippen molar-refractivity contribution in [2.45, 2.75) is 33.1 Å². The minimum absolute atomic E-state index is 0.191. The van der Waals surface area contributed by atoms with E-state index in [-0.39, 0.29) is 11.8 Å². The molecule has 7 heteroatoms. The van der Waals surface area contributed by atoms with E-state index in [1.165, 1.54) is 0 Å². The molecule has 1 aliphatic rings. The Hall–Kier alpha value is -2.08. The minimum Gasteiger partial charge on any atom is -0.408 e. The maximum Gasteiger partial charge on any atom is 0.318 e. The zero-order valence-electron chi connectivity index (χ0n) is 15.5. The molecular formula is C19H25ClN4O2. The third kappa shape index (κ3) is 4.36. The number of halogens is 1. The summed E-state index contributed by atoms with van der Waals surface area (Å²) in [6, 6.07) is 8.37. The first-order valence-corrected chi connectivity index (χ1v) is 9.40. The Balaban J connectivity index is 1.59. The molecule has 3 rings (SSSR count). The summed E-state index contributed by atoms with van der Waals surface area (Å²) in [6.07, 6.45) is 0.513. The number of hydrogen-bond donors (Lipinski definition) is 0. The number of benzene rings is 1. The third-order valence-electron chi connectivity index (χ3n) is 4.92. The van der Waals surface area contributed by atoms with Crippen LogP contribution < -0.4 is 4.90 Å². The fourth-order valence-corrected chi connectivity index (χ4v) is 3.45. The lowest BCUT2D eigenvalue weighted by molar-refractivity contribution is -0.132. The van der Waals surface area contributed by atoms with Gasteiger partial charge in [0, 0.05) is 44.5 Å². The van der Waals surface area contributed by atoms with Crippen molar-refractivity contribution < 1.29 is 9.21 Å². The van der Waals surface area contributed by atoms with Gasteiger partial charge in [0.25, 0.3) is 0 Å². The average Bonchev–Trinajstić information content (AvgIpc) is 3.07. The van der Waals surface area contributed by atoms with Gasteiger partial charge >= 0.3 is 6.01 Å². The molecule has 1 atom stereocenters. The van der Waals surface area contributed by atoms with Crippen LogP contribution in [0.2, 0.25) is 5.02 Å². The summed E-state index contributed by atoms with van der Waals surface area (Å²) in [5.74, 6) is 1.32. The molecule has 0 aliphatic carbocycles. The average molecular weight is 377 g/mol. The van der Waals surface area contributed by atoms with Gasteiger partial charge in [-0.2, -0.15) is 0 Å². The van der Waals surface area contributed by atoms with Crippen LogP contribution in [-0.2, 0) is 4.79 Å². The highest BCUT2D eigenvalue weighted by atomic mass is 35.5. The van der Waals surface area contributed by atoms with Crippen molar-refractivity contribution in [3.05, 3.63) is 40.7 Å². The number of anilines is 1. The lowest BCUT2D eigenvalue weighted by atomic mass is 9.85. The number of hydrogen-bond acceptors (Lipinski definition) is 5. The highest BCUT2D eigenvalue weighted by Crippen LogP contribution is 2.30. The SMILES string of the molecule is Cc1nnc(N2CCN(C(=O)CC(c3ccc(Cl)cc3)C(C)C)CC2)o1. The first-order chi connectivity index (χ1) is 12.4. The lowest BCUT2D eigenvalue weighted by Crippen LogP contribution is -2.49. The molecule has 6 nitrogen and oxygen atoms in total. The quantitative estimate of drug-likeness (QED) is 0.799. The number of piperazine rings is 1. The molecule has 0 saturated carbocycles. The van der Waals surface area contributed by atoms with Gasteiger partial charge in [-0.15, -0.1) is 5.10 Å². The van der Waals surface area contributed by atoms with E-state index in [0.29, 0.717) is 50.4 Å². The molecule has 1 unspecified atom stereocenters. The summed E-state index contributed by atoms with van der Waals surface area (Å²) in [4.78, 5) is 16.8. The van der Waals surface area contributed by atoms with Gasteiger partial charge in [-0.05, 0) is 29.5 Å². The summed E-state index contributed by atoms with van der Waals surface area (Å²) < 4.78 is 5.47. The van der Waals surface area contributed by atoms with Crippen LogP contribution in [0.4, 0.5) is 6.01 Å². The van der Waals surface area contributed by atoms with Crippen molar-refractivity contribution in [2.24, 2.45) is 5.92 Å². The predicted molar refractivity (Wildman–Crippen MR) is 101 cm³/mol. The van der Waals surface area contributed by atoms with E-state index < -0.39 is 0 Å². The van der Waals surface area contributed by atoms with Gasteiger partial charge in [-0.25, -0.2) is 0 Å². The Bertz CT molecular complexity index is 736. The Labute approximate surface area is 159 Å². The summed E-state index contributed by atoms with van der Waals surface area (Å²) in [5.41, 5.74) is 1.16. The first-order valence-electron chi connectivity index (χ1n) is 9.02. The zero-order chi connectivity index (χ0) is 18.7. The second-order valence-electron chi connectivity index (χ2n) is 7.08. The largest absolute Gasteiger partial charge is 0.408 e. The van der Waals surface area contributed by atoms with Crippen LogP contribution in [-0.4, -0.2) is 47.2 Å². The van der Waals surface area contributed by atoms with Crippen LogP contribution in [0.25, 0.3) is 0 Å². The van der Waals surface area contributed by atoms with Crippen molar-refractivity contribution in [3.8, 4) is 0 Å². The molecule has 1 aromatic heterocycles. The smallest absolute Gasteiger partial charge is 0.318 e. The normalized spacial score (nSPS) is 16.2. The number of carbonyl (C=O) groups is 1. The Morgan fingerprint density at radius 3 is 2.35 bits per heavy atom. The van der Waals surface area contributed by atoms with Gasteiger partial charge in [-0.1, -0.05) is 42.7 Å². The second-order valence-corrected chi connectivity index (χ2v) is 7.51. The highest BCUT2D eigenvalue weighted by molar-refractivity contribution is 6.30. The van der Waals surface area contributed by atoms with E-state index in [1.54, 1.807) is 6.92 Å². The molecule has 0 N–H and O–H groups in total. The van der Waals surface area contributed by atoms with E-state index in [1.807, 2.05) is 34.1 Å². The van der Waals surface area contributed by atoms with Gasteiger partial charge in [-0.3, -0.25) is 4.79 Å². The van der Waals surface area contributed by atoms with Crippen molar-refractivity contribution in [2.75, 3.05) is 31.1 Å². The zero-order valence-corrected chi connectivity index (χ0v) is 16.2. The number of carbonyl (C=O) groups excluding carboxylic acids is 1. The number of nitrogens with zero attached hydrogens (tertiary/aromatic N) is 4. The van der Waals surface area contributed by atoms with E-state index in [2.05, 4.69) is 24.0 Å². The standard InChI is InChI=1S/C19H25ClN4O2/c1-13(2)17(15-4-6-16(20)7-5-15)12-18(25)23-8-10-24(11-9-23)19-22-21-14(3)26-19/h4-7,13,17H,8-12H2,1-3H3. The molecule has 26 heavy (non-hydrogen) atoms. The van der Waals surface area contributed by atoms with Crippen molar-refractivity contribution >= 4 is 23.5 Å². The third-order valence-corrected chi connectivity index (χ3v) is 5.17. The monoisotopic (exact) mass is 376 g/mol. The summed E-state index contributed by atoms with van der Waals surface area (Å²) >= 11 is 5.99. The minimum atomic E-state index is 0.191. The van der Waals surface area contributed by atoms with E-state index in [4.69, 9.17) is 16.0 Å². The van der Waals surface area contributed by atoms with E-state index in [9.17, 15) is 4.79 Å². The van der Waals surface area contributed by atoms with Crippen molar-refractivity contribution in [1.82, 2.24) is 15.1 Å². The van der Waals surface area contributed by atoms with Crippen LogP contribution in [0.5, 0.6) is 0 Å². The second kappa shape index (κ2) is 8.08. The van der Waals surface area contributed by atoms with E-state index >= 15 is 0 Å². The lowest BCUT2D eigenvalue weighted by Gasteiger charge is -2.34. The molecule has 2 aromatic rings. The molecule has 0 radical (unpaired) electrons. The Morgan fingerprint density at radius 2 is 1.81 bits per heavy atom. The van der Waals surface area contributed by atoms with Crippen LogP contribution >= 0.6 is 11.6 Å². The maximum atomic E-state index is 12.8. The molecular weight excluding hydrogens is 352 g/mol. The van der Waals surface area contributed by atoms with E-state index in [0.717, 1.165) is 10.6 Å². The number of aryl methyl sites for hydroxylation is 1. The number of aromatic nitrogens is 2.